The van der Waals surface area contributed by atoms with Gasteiger partial charge in [0.25, 0.3) is 8.32 Å². The van der Waals surface area contributed by atoms with Gasteiger partial charge in [0.15, 0.2) is 0 Å². The Balaban J connectivity index is 2.18. The molecule has 3 nitrogen and oxygen atoms in total. The largest absolute Gasteiger partial charge is 0.542 e. The van der Waals surface area contributed by atoms with Crippen molar-refractivity contribution in [2.45, 2.75) is 52.4 Å². The van der Waals surface area contributed by atoms with E-state index in [9.17, 15) is 0 Å². The maximum Gasteiger partial charge on any atom is 0.250 e. The summed E-state index contributed by atoms with van der Waals surface area (Å²) < 4.78 is 16.0. The van der Waals surface area contributed by atoms with E-state index in [0.717, 1.165) is 39.1 Å². The predicted molar refractivity (Wildman–Crippen MR) is 124 cm³/mol. The quantitative estimate of drug-likeness (QED) is 0.378. The summed E-state index contributed by atoms with van der Waals surface area (Å²) in [6.07, 6.45) is 0. The monoisotopic (exact) mass is 459 g/mol. The Kier molecular flexibility index (Phi) is 5.70. The number of fused-ring (bicyclic) bond motifs is 1. The van der Waals surface area contributed by atoms with Crippen LogP contribution in [-0.2, 0) is 6.54 Å². The molecule has 0 amide bonds. The maximum absolute atomic E-state index is 6.82. The summed E-state index contributed by atoms with van der Waals surface area (Å²) in [5.41, 5.74) is 3.55. The van der Waals surface area contributed by atoms with E-state index < -0.39 is 8.32 Å². The van der Waals surface area contributed by atoms with Gasteiger partial charge < -0.3 is 13.7 Å². The summed E-state index contributed by atoms with van der Waals surface area (Å²) in [5, 5.41) is 1.20. The molecule has 0 saturated heterocycles. The minimum absolute atomic E-state index is 0.127. The molecule has 5 heteroatoms. The molecule has 150 valence electrons. The molecule has 0 N–H and O–H groups in total. The first kappa shape index (κ1) is 21.0. The molecule has 1 aromatic heterocycles. The molecule has 1 heterocycles. The van der Waals surface area contributed by atoms with Crippen molar-refractivity contribution in [2.75, 3.05) is 7.11 Å². The lowest BCUT2D eigenvalue weighted by Gasteiger charge is -2.36. The third kappa shape index (κ3) is 3.87. The number of halogens is 1. The molecule has 0 spiro atoms. The molecule has 0 aliphatic rings. The molecule has 2 aromatic carbocycles. The predicted octanol–water partition coefficient (Wildman–Crippen LogP) is 7.15. The zero-order valence-electron chi connectivity index (χ0n) is 17.9. The summed E-state index contributed by atoms with van der Waals surface area (Å²) >= 11 is 3.52. The van der Waals surface area contributed by atoms with Crippen LogP contribution in [0.4, 0.5) is 0 Å². The number of rotatable bonds is 5. The molecule has 28 heavy (non-hydrogen) atoms. The van der Waals surface area contributed by atoms with Crippen LogP contribution in [0, 0.1) is 6.92 Å². The summed E-state index contributed by atoms with van der Waals surface area (Å²) in [7, 11) is -0.263. The lowest BCUT2D eigenvalue weighted by atomic mass is 10.2. The van der Waals surface area contributed by atoms with Gasteiger partial charge in [0.05, 0.1) is 23.7 Å². The van der Waals surface area contributed by atoms with E-state index in [1.54, 1.807) is 7.11 Å². The second kappa shape index (κ2) is 7.60. The van der Waals surface area contributed by atoms with Crippen molar-refractivity contribution in [2.24, 2.45) is 0 Å². The Hall–Kier alpha value is -1.72. The van der Waals surface area contributed by atoms with E-state index in [-0.39, 0.29) is 5.04 Å². The minimum atomic E-state index is -1.99. The average molecular weight is 460 g/mol. The molecule has 0 radical (unpaired) electrons. The zero-order valence-corrected chi connectivity index (χ0v) is 20.5. The van der Waals surface area contributed by atoms with Crippen LogP contribution in [-0.4, -0.2) is 20.0 Å². The van der Waals surface area contributed by atoms with Crippen molar-refractivity contribution in [1.29, 1.82) is 0 Å². The summed E-state index contributed by atoms with van der Waals surface area (Å²) in [6, 6.07) is 14.7. The summed E-state index contributed by atoms with van der Waals surface area (Å²) in [6.45, 7) is 14.3. The third-order valence-electron chi connectivity index (χ3n) is 5.89. The molecule has 0 aliphatic heterocycles. The van der Waals surface area contributed by atoms with Crippen molar-refractivity contribution in [3.63, 3.8) is 0 Å². The van der Waals surface area contributed by atoms with Gasteiger partial charge in [-0.3, -0.25) is 0 Å². The molecule has 0 aliphatic carbocycles. The van der Waals surface area contributed by atoms with Crippen LogP contribution >= 0.6 is 15.9 Å². The molecular formula is C23H30BrNO2Si. The highest BCUT2D eigenvalue weighted by Gasteiger charge is 2.40. The minimum Gasteiger partial charge on any atom is -0.542 e. The zero-order chi connectivity index (χ0) is 20.7. The van der Waals surface area contributed by atoms with Crippen LogP contribution in [0.1, 0.15) is 32.0 Å². The van der Waals surface area contributed by atoms with E-state index in [1.165, 1.54) is 5.56 Å². The average Bonchev–Trinajstić information content (AvgIpc) is 2.88. The Morgan fingerprint density at radius 2 is 1.68 bits per heavy atom. The molecular weight excluding hydrogens is 430 g/mol. The van der Waals surface area contributed by atoms with Gasteiger partial charge in [0.1, 0.15) is 11.5 Å². The fraction of sp³-hybridized carbons (Fsp3) is 0.391. The fourth-order valence-corrected chi connectivity index (χ4v) is 4.47. The molecule has 0 fully saturated rings. The maximum atomic E-state index is 6.82. The standard InChI is InChI=1S/C23H30BrNO2Si/c1-16-22(27-28(6,7)23(2,3)4)21-19(9-8-10-20(21)26-5)25(16)15-17-11-13-18(24)14-12-17/h8-14H,15H2,1-7H3. The van der Waals surface area contributed by atoms with Crippen molar-refractivity contribution in [1.82, 2.24) is 4.57 Å². The van der Waals surface area contributed by atoms with Crippen molar-refractivity contribution < 1.29 is 9.16 Å². The third-order valence-corrected chi connectivity index (χ3v) is 10.7. The van der Waals surface area contributed by atoms with Gasteiger partial charge in [-0.1, -0.05) is 54.9 Å². The number of hydrogen-bond acceptors (Lipinski definition) is 2. The molecule has 3 aromatic rings. The van der Waals surface area contributed by atoms with E-state index in [1.807, 2.05) is 6.07 Å². The highest BCUT2D eigenvalue weighted by molar-refractivity contribution is 9.10. The van der Waals surface area contributed by atoms with Crippen molar-refractivity contribution in [3.05, 3.63) is 58.2 Å². The smallest absolute Gasteiger partial charge is 0.250 e. The molecule has 0 unspecified atom stereocenters. The fourth-order valence-electron chi connectivity index (χ4n) is 3.14. The number of nitrogens with zero attached hydrogens (tertiary/aromatic N) is 1. The van der Waals surface area contributed by atoms with Gasteiger partial charge in [-0.05, 0) is 54.9 Å². The normalized spacial score (nSPS) is 12.4. The van der Waals surface area contributed by atoms with E-state index in [0.29, 0.717) is 0 Å². The molecule has 0 saturated carbocycles. The second-order valence-corrected chi connectivity index (χ2v) is 14.5. The van der Waals surface area contributed by atoms with Gasteiger partial charge in [-0.2, -0.15) is 0 Å². The molecule has 3 rings (SSSR count). The van der Waals surface area contributed by atoms with Crippen LogP contribution in [0.2, 0.25) is 18.1 Å². The second-order valence-electron chi connectivity index (χ2n) is 8.84. The lowest BCUT2D eigenvalue weighted by molar-refractivity contribution is 0.418. The van der Waals surface area contributed by atoms with Crippen LogP contribution < -0.4 is 9.16 Å². The van der Waals surface area contributed by atoms with Gasteiger partial charge in [-0.25, -0.2) is 0 Å². The SMILES string of the molecule is COc1cccc2c1c(O[Si](C)(C)C(C)(C)C)c(C)n2Cc1ccc(Br)cc1. The highest BCUT2D eigenvalue weighted by atomic mass is 79.9. The van der Waals surface area contributed by atoms with Crippen LogP contribution in [0.5, 0.6) is 11.5 Å². The van der Waals surface area contributed by atoms with Crippen LogP contribution in [0.15, 0.2) is 46.9 Å². The highest BCUT2D eigenvalue weighted by Crippen LogP contribution is 2.44. The number of aromatic nitrogens is 1. The first-order valence-corrected chi connectivity index (χ1v) is 13.3. The van der Waals surface area contributed by atoms with Gasteiger partial charge in [0, 0.05) is 11.0 Å². The van der Waals surface area contributed by atoms with Crippen LogP contribution in [0.3, 0.4) is 0 Å². The van der Waals surface area contributed by atoms with Crippen molar-refractivity contribution in [3.8, 4) is 11.5 Å². The Labute approximate surface area is 177 Å². The Morgan fingerprint density at radius 3 is 2.25 bits per heavy atom. The Bertz CT molecular complexity index is 984. The molecule has 0 atom stereocenters. The first-order chi connectivity index (χ1) is 13.0. The molecule has 0 bridgehead atoms. The Morgan fingerprint density at radius 1 is 1.04 bits per heavy atom. The number of methoxy groups -OCH3 is 1. The topological polar surface area (TPSA) is 23.4 Å². The first-order valence-electron chi connectivity index (χ1n) is 9.64. The van der Waals surface area contributed by atoms with Gasteiger partial charge in [-0.15, -0.1) is 0 Å². The number of hydrogen-bond donors (Lipinski definition) is 0. The van der Waals surface area contributed by atoms with Crippen LogP contribution in [0.25, 0.3) is 10.9 Å². The summed E-state index contributed by atoms with van der Waals surface area (Å²) in [5.74, 6) is 1.83. The van der Waals surface area contributed by atoms with Gasteiger partial charge >= 0.3 is 0 Å². The number of ether oxygens (including phenoxy) is 1. The lowest BCUT2D eigenvalue weighted by Crippen LogP contribution is -2.44. The van der Waals surface area contributed by atoms with E-state index in [4.69, 9.17) is 9.16 Å². The van der Waals surface area contributed by atoms with Gasteiger partial charge in [0.2, 0.25) is 0 Å². The number of benzene rings is 2. The van der Waals surface area contributed by atoms with E-state index >= 15 is 0 Å². The van der Waals surface area contributed by atoms with Crippen molar-refractivity contribution >= 4 is 35.2 Å². The summed E-state index contributed by atoms with van der Waals surface area (Å²) in [4.78, 5) is 0. The van der Waals surface area contributed by atoms with E-state index in [2.05, 4.69) is 97.7 Å².